The smallest absolute Gasteiger partial charge is 0.425 e. The van der Waals surface area contributed by atoms with Crippen LogP contribution >= 0.6 is 11.6 Å². The van der Waals surface area contributed by atoms with Gasteiger partial charge in [-0.1, -0.05) is 36.7 Å². The van der Waals surface area contributed by atoms with E-state index in [9.17, 15) is 27.9 Å². The van der Waals surface area contributed by atoms with E-state index in [1.807, 2.05) is 0 Å². The summed E-state index contributed by atoms with van der Waals surface area (Å²) >= 11 is 5.99. The minimum Gasteiger partial charge on any atom is -0.425 e. The first-order valence-corrected chi connectivity index (χ1v) is 11.7. The van der Waals surface area contributed by atoms with Crippen molar-refractivity contribution in [2.24, 2.45) is 7.05 Å². The summed E-state index contributed by atoms with van der Waals surface area (Å²) in [6.45, 7) is 1.79. The molecule has 38 heavy (non-hydrogen) atoms. The molecule has 13 heteroatoms. The molecule has 0 aliphatic rings. The largest absolute Gasteiger partial charge is 0.573 e. The van der Waals surface area contributed by atoms with Crippen LogP contribution in [0.5, 0.6) is 17.5 Å². The highest BCUT2D eigenvalue weighted by molar-refractivity contribution is 6.30. The van der Waals surface area contributed by atoms with Crippen molar-refractivity contribution < 1.29 is 27.8 Å². The molecule has 9 nitrogen and oxygen atoms in total. The molecule has 1 unspecified atom stereocenters. The van der Waals surface area contributed by atoms with Crippen molar-refractivity contribution in [1.82, 2.24) is 18.7 Å². The molecular weight excluding hydrogens is 529 g/mol. The van der Waals surface area contributed by atoms with Gasteiger partial charge in [-0.3, -0.25) is 13.9 Å². The molecule has 1 N–H and O–H groups in total. The second kappa shape index (κ2) is 10.8. The van der Waals surface area contributed by atoms with Crippen LogP contribution < -0.4 is 20.7 Å². The first-order valence-electron chi connectivity index (χ1n) is 11.3. The number of aryl methyl sites for hydroxylation is 1. The Labute approximate surface area is 218 Å². The number of hydrogen-bond donors (Lipinski definition) is 1. The fraction of sp³-hybridized carbons (Fsp3) is 0.240. The third kappa shape index (κ3) is 5.92. The van der Waals surface area contributed by atoms with Crippen LogP contribution in [0.2, 0.25) is 5.02 Å². The number of hydrogen-bond acceptors (Lipinski definition) is 6. The average Bonchev–Trinajstić information content (AvgIpc) is 3.20. The summed E-state index contributed by atoms with van der Waals surface area (Å²) < 4.78 is 51.2. The highest BCUT2D eigenvalue weighted by atomic mass is 35.5. The quantitative estimate of drug-likeness (QED) is 0.346. The Morgan fingerprint density at radius 3 is 2.47 bits per heavy atom. The number of alkyl halides is 3. The maximum atomic E-state index is 13.5. The van der Waals surface area contributed by atoms with Crippen molar-refractivity contribution in [3.63, 3.8) is 0 Å². The predicted molar refractivity (Wildman–Crippen MR) is 135 cm³/mol. The molecule has 0 aliphatic carbocycles. The highest BCUT2D eigenvalue weighted by Crippen LogP contribution is 2.30. The Kier molecular flexibility index (Phi) is 7.65. The molecule has 0 amide bonds. The Bertz CT molecular complexity index is 1610. The number of imidazole rings is 1. The lowest BCUT2D eigenvalue weighted by Crippen LogP contribution is -2.37. The highest BCUT2D eigenvalue weighted by Gasteiger charge is 2.31. The van der Waals surface area contributed by atoms with E-state index >= 15 is 0 Å². The summed E-state index contributed by atoms with van der Waals surface area (Å²) in [6.07, 6.45) is -2.89. The summed E-state index contributed by atoms with van der Waals surface area (Å²) in [5, 5.41) is 10.4. The van der Waals surface area contributed by atoms with Gasteiger partial charge in [0.05, 0.1) is 12.6 Å². The first-order chi connectivity index (χ1) is 18.0. The van der Waals surface area contributed by atoms with Gasteiger partial charge in [-0.25, -0.2) is 9.36 Å². The van der Waals surface area contributed by atoms with Crippen LogP contribution in [0, 0.1) is 0 Å². The lowest BCUT2D eigenvalue weighted by Gasteiger charge is -2.12. The number of aliphatic hydroxyl groups excluding tert-OH is 1. The number of aliphatic hydroxyl groups is 1. The van der Waals surface area contributed by atoms with Gasteiger partial charge in [0, 0.05) is 24.3 Å². The van der Waals surface area contributed by atoms with Gasteiger partial charge in [0.1, 0.15) is 11.5 Å². The van der Waals surface area contributed by atoms with Crippen molar-refractivity contribution in [2.75, 3.05) is 0 Å². The normalized spacial score (nSPS) is 12.8. The Balaban J connectivity index is 1.89. The number of nitrogens with zero attached hydrogens (tertiary/aromatic N) is 4. The van der Waals surface area contributed by atoms with E-state index in [0.29, 0.717) is 17.0 Å². The third-order valence-electron chi connectivity index (χ3n) is 5.52. The molecule has 1 atom stereocenters. The van der Waals surface area contributed by atoms with Crippen LogP contribution in [0.15, 0.2) is 64.2 Å². The molecule has 0 fully saturated rings. The van der Waals surface area contributed by atoms with Gasteiger partial charge in [-0.15, -0.1) is 13.2 Å². The summed E-state index contributed by atoms with van der Waals surface area (Å²) in [6, 6.07) is 11.4. The van der Waals surface area contributed by atoms with E-state index in [1.165, 1.54) is 36.0 Å². The number of aromatic nitrogens is 4. The van der Waals surface area contributed by atoms with E-state index in [1.54, 1.807) is 31.2 Å². The Morgan fingerprint density at radius 2 is 1.82 bits per heavy atom. The molecule has 2 heterocycles. The zero-order valence-corrected chi connectivity index (χ0v) is 20.9. The molecular formula is C25H22ClF3N4O5. The molecule has 0 spiro atoms. The van der Waals surface area contributed by atoms with Gasteiger partial charge < -0.3 is 14.6 Å². The third-order valence-corrected chi connectivity index (χ3v) is 5.78. The van der Waals surface area contributed by atoms with Crippen LogP contribution in [0.4, 0.5) is 13.2 Å². The molecule has 4 rings (SSSR count). The van der Waals surface area contributed by atoms with Crippen LogP contribution in [0.25, 0.3) is 17.4 Å². The maximum absolute atomic E-state index is 13.5. The molecule has 200 valence electrons. The van der Waals surface area contributed by atoms with Crippen LogP contribution in [-0.4, -0.2) is 36.3 Å². The van der Waals surface area contributed by atoms with E-state index in [2.05, 4.69) is 9.72 Å². The Hall–Kier alpha value is -4.03. The summed E-state index contributed by atoms with van der Waals surface area (Å²) in [5.41, 5.74) is -0.759. The van der Waals surface area contributed by atoms with Gasteiger partial charge in [-0.2, -0.15) is 4.98 Å². The zero-order valence-electron chi connectivity index (χ0n) is 20.1. The van der Waals surface area contributed by atoms with E-state index in [4.69, 9.17) is 16.3 Å². The van der Waals surface area contributed by atoms with Crippen molar-refractivity contribution in [3.8, 4) is 17.5 Å². The number of fused-ring (bicyclic) bond motifs is 1. The fourth-order valence-corrected chi connectivity index (χ4v) is 3.73. The zero-order chi connectivity index (χ0) is 27.6. The summed E-state index contributed by atoms with van der Waals surface area (Å²) in [7, 11) is 1.41. The fourth-order valence-electron chi connectivity index (χ4n) is 3.61. The number of rotatable bonds is 8. The van der Waals surface area contributed by atoms with Crippen LogP contribution in [0.3, 0.4) is 0 Å². The average molecular weight is 551 g/mol. The molecule has 0 saturated heterocycles. The van der Waals surface area contributed by atoms with Gasteiger partial charge in [-0.05, 0) is 42.3 Å². The van der Waals surface area contributed by atoms with Crippen molar-refractivity contribution in [2.45, 2.75) is 32.4 Å². The summed E-state index contributed by atoms with van der Waals surface area (Å²) in [5.74, 6) is -0.555. The summed E-state index contributed by atoms with van der Waals surface area (Å²) in [4.78, 5) is 30.7. The molecule has 4 aromatic rings. The second-order valence-electron chi connectivity index (χ2n) is 8.24. The molecule has 2 aromatic carbocycles. The van der Waals surface area contributed by atoms with E-state index in [-0.39, 0.29) is 29.5 Å². The second-order valence-corrected chi connectivity index (χ2v) is 8.67. The molecule has 0 bridgehead atoms. The lowest BCUT2D eigenvalue weighted by atomic mass is 10.2. The predicted octanol–water partition coefficient (Wildman–Crippen LogP) is 4.53. The molecule has 0 aliphatic heterocycles. The Morgan fingerprint density at radius 1 is 1.13 bits per heavy atom. The van der Waals surface area contributed by atoms with Crippen LogP contribution in [-0.2, 0) is 13.6 Å². The minimum atomic E-state index is -4.90. The SMILES string of the molecule is CCC(O)/C=C/n1c(=O)c2c(nc(Oc3cccc(OC(F)(F)F)c3)n2Cc2ccc(Cl)cc2)n(C)c1=O. The lowest BCUT2D eigenvalue weighted by molar-refractivity contribution is -0.274. The minimum absolute atomic E-state index is 0.00427. The molecule has 0 saturated carbocycles. The maximum Gasteiger partial charge on any atom is 0.573 e. The van der Waals surface area contributed by atoms with Crippen molar-refractivity contribution in [3.05, 3.63) is 86.0 Å². The van der Waals surface area contributed by atoms with Crippen LogP contribution in [0.1, 0.15) is 18.9 Å². The van der Waals surface area contributed by atoms with Crippen molar-refractivity contribution in [1.29, 1.82) is 0 Å². The molecule has 2 aromatic heterocycles. The molecule has 0 radical (unpaired) electrons. The topological polar surface area (TPSA) is 101 Å². The first kappa shape index (κ1) is 27.0. The van der Waals surface area contributed by atoms with Gasteiger partial charge >= 0.3 is 18.1 Å². The number of ether oxygens (including phenoxy) is 2. The monoisotopic (exact) mass is 550 g/mol. The van der Waals surface area contributed by atoms with Crippen molar-refractivity contribution >= 4 is 29.0 Å². The number of benzene rings is 2. The van der Waals surface area contributed by atoms with E-state index in [0.717, 1.165) is 21.3 Å². The van der Waals surface area contributed by atoms with Gasteiger partial charge in [0.15, 0.2) is 11.2 Å². The van der Waals surface area contributed by atoms with Gasteiger partial charge in [0.2, 0.25) is 0 Å². The standard InChI is InChI=1S/C25H22ClF3N4O5/c1-3-17(34)11-12-32-22(35)20-21(31(2)24(32)36)30-23(33(20)14-15-7-9-16(26)10-8-15)37-18-5-4-6-19(13-18)38-25(27,28)29/h4-13,17,34H,3,14H2,1-2H3/b12-11+. The van der Waals surface area contributed by atoms with E-state index < -0.39 is 29.5 Å². The van der Waals surface area contributed by atoms with Gasteiger partial charge in [0.25, 0.3) is 5.56 Å². The number of halogens is 4.